The van der Waals surface area contributed by atoms with Crippen LogP contribution >= 0.6 is 0 Å². The van der Waals surface area contributed by atoms with E-state index in [1.165, 1.54) is 0 Å². The summed E-state index contributed by atoms with van der Waals surface area (Å²) in [5, 5.41) is 7.39. The summed E-state index contributed by atoms with van der Waals surface area (Å²) in [5.74, 6) is 0.306. The third-order valence-electron chi connectivity index (χ3n) is 4.33. The highest BCUT2D eigenvalue weighted by molar-refractivity contribution is 5.95. The van der Waals surface area contributed by atoms with Gasteiger partial charge in [0, 0.05) is 16.9 Å². The summed E-state index contributed by atoms with van der Waals surface area (Å²) in [6, 6.07) is 9.36. The van der Waals surface area contributed by atoms with E-state index in [1.54, 1.807) is 0 Å². The number of amides is 1. The van der Waals surface area contributed by atoms with Gasteiger partial charge in [-0.1, -0.05) is 44.1 Å². The van der Waals surface area contributed by atoms with Crippen LogP contribution in [0.2, 0.25) is 0 Å². The Morgan fingerprint density at radius 3 is 2.62 bits per heavy atom. The van der Waals surface area contributed by atoms with Crippen molar-refractivity contribution in [3.05, 3.63) is 35.9 Å². The first-order valence-electron chi connectivity index (χ1n) is 7.57. The van der Waals surface area contributed by atoms with E-state index in [9.17, 15) is 4.79 Å². The van der Waals surface area contributed by atoms with Gasteiger partial charge in [0.05, 0.1) is 11.8 Å². The number of hydrogen-bond acceptors (Lipinski definition) is 3. The van der Waals surface area contributed by atoms with Crippen molar-refractivity contribution in [2.24, 2.45) is 16.5 Å². The molecule has 21 heavy (non-hydrogen) atoms. The monoisotopic (exact) mass is 286 g/mol. The number of carbonyl (C=O) groups is 1. The van der Waals surface area contributed by atoms with Crippen molar-refractivity contribution in [2.45, 2.75) is 45.8 Å². The zero-order chi connectivity index (χ0) is 15.0. The van der Waals surface area contributed by atoms with Crippen molar-refractivity contribution in [1.29, 1.82) is 0 Å². The SMILES string of the molecule is CC(C)(C)C1=NO[C@H]2[C@@H](NC(=O)c3ccccc3)CC[C@@H]12. The highest BCUT2D eigenvalue weighted by atomic mass is 16.6. The molecule has 112 valence electrons. The van der Waals surface area contributed by atoms with Crippen LogP contribution in [0.25, 0.3) is 0 Å². The summed E-state index contributed by atoms with van der Waals surface area (Å²) in [6.07, 6.45) is 1.97. The van der Waals surface area contributed by atoms with Crippen LogP contribution in [0.15, 0.2) is 35.5 Å². The Hall–Kier alpha value is -1.84. The van der Waals surface area contributed by atoms with E-state index in [0.29, 0.717) is 11.5 Å². The van der Waals surface area contributed by atoms with Gasteiger partial charge in [-0.2, -0.15) is 0 Å². The van der Waals surface area contributed by atoms with Crippen molar-refractivity contribution in [3.63, 3.8) is 0 Å². The molecular weight excluding hydrogens is 264 g/mol. The van der Waals surface area contributed by atoms with Gasteiger partial charge in [0.25, 0.3) is 5.91 Å². The molecule has 1 amide bonds. The van der Waals surface area contributed by atoms with Crippen molar-refractivity contribution in [1.82, 2.24) is 5.32 Å². The van der Waals surface area contributed by atoms with Crippen LogP contribution in [0, 0.1) is 11.3 Å². The molecule has 1 heterocycles. The molecule has 3 rings (SSSR count). The Labute approximate surface area is 125 Å². The Morgan fingerprint density at radius 2 is 1.95 bits per heavy atom. The lowest BCUT2D eigenvalue weighted by atomic mass is 9.81. The van der Waals surface area contributed by atoms with E-state index in [0.717, 1.165) is 18.6 Å². The third-order valence-corrected chi connectivity index (χ3v) is 4.33. The molecule has 0 spiro atoms. The third kappa shape index (κ3) is 2.67. The zero-order valence-corrected chi connectivity index (χ0v) is 12.8. The average Bonchev–Trinajstić information content (AvgIpc) is 3.02. The van der Waals surface area contributed by atoms with Gasteiger partial charge in [0.1, 0.15) is 0 Å². The predicted molar refractivity (Wildman–Crippen MR) is 82.2 cm³/mol. The summed E-state index contributed by atoms with van der Waals surface area (Å²) in [5.41, 5.74) is 1.84. The fourth-order valence-corrected chi connectivity index (χ4v) is 3.28. The minimum absolute atomic E-state index is 0.00751. The van der Waals surface area contributed by atoms with E-state index in [4.69, 9.17) is 4.84 Å². The lowest BCUT2D eigenvalue weighted by Crippen LogP contribution is -2.42. The van der Waals surface area contributed by atoms with Crippen LogP contribution < -0.4 is 5.32 Å². The number of benzene rings is 1. The molecule has 1 aromatic rings. The fraction of sp³-hybridized carbons (Fsp3) is 0.529. The lowest BCUT2D eigenvalue weighted by Gasteiger charge is -2.22. The van der Waals surface area contributed by atoms with Gasteiger partial charge in [-0.3, -0.25) is 4.79 Å². The largest absolute Gasteiger partial charge is 0.390 e. The predicted octanol–water partition coefficient (Wildman–Crippen LogP) is 3.00. The molecule has 1 aliphatic carbocycles. The molecule has 1 saturated carbocycles. The first-order chi connectivity index (χ1) is 9.97. The number of rotatable bonds is 2. The van der Waals surface area contributed by atoms with Gasteiger partial charge in [-0.25, -0.2) is 0 Å². The second-order valence-corrected chi connectivity index (χ2v) is 6.93. The molecule has 0 unspecified atom stereocenters. The molecule has 0 saturated heterocycles. The van der Waals surface area contributed by atoms with Crippen molar-refractivity contribution in [3.8, 4) is 0 Å². The topological polar surface area (TPSA) is 50.7 Å². The maximum absolute atomic E-state index is 12.3. The molecule has 1 fully saturated rings. The molecule has 3 atom stereocenters. The number of hydrogen-bond donors (Lipinski definition) is 1. The van der Waals surface area contributed by atoms with Gasteiger partial charge < -0.3 is 10.2 Å². The van der Waals surface area contributed by atoms with Crippen LogP contribution in [0.3, 0.4) is 0 Å². The van der Waals surface area contributed by atoms with Crippen molar-refractivity contribution in [2.75, 3.05) is 0 Å². The van der Waals surface area contributed by atoms with Crippen molar-refractivity contribution >= 4 is 11.6 Å². The van der Waals surface area contributed by atoms with E-state index >= 15 is 0 Å². The van der Waals surface area contributed by atoms with E-state index < -0.39 is 0 Å². The van der Waals surface area contributed by atoms with Gasteiger partial charge in [-0.05, 0) is 25.0 Å². The summed E-state index contributed by atoms with van der Waals surface area (Å²) in [7, 11) is 0. The van der Waals surface area contributed by atoms with Crippen LogP contribution in [0.1, 0.15) is 44.0 Å². The Kier molecular flexibility index (Phi) is 3.47. The fourth-order valence-electron chi connectivity index (χ4n) is 3.28. The maximum Gasteiger partial charge on any atom is 0.251 e. The average molecular weight is 286 g/mol. The zero-order valence-electron chi connectivity index (χ0n) is 12.8. The second kappa shape index (κ2) is 5.17. The summed E-state index contributed by atoms with van der Waals surface area (Å²) < 4.78 is 0. The Bertz CT molecular complexity index is 560. The Morgan fingerprint density at radius 1 is 1.24 bits per heavy atom. The van der Waals surface area contributed by atoms with Gasteiger partial charge in [0.15, 0.2) is 6.10 Å². The molecule has 1 aliphatic heterocycles. The summed E-state index contributed by atoms with van der Waals surface area (Å²) in [6.45, 7) is 6.48. The van der Waals surface area contributed by atoms with E-state index in [-0.39, 0.29) is 23.5 Å². The van der Waals surface area contributed by atoms with Crippen LogP contribution in [-0.4, -0.2) is 23.8 Å². The molecule has 0 aromatic heterocycles. The van der Waals surface area contributed by atoms with Gasteiger partial charge in [-0.15, -0.1) is 0 Å². The van der Waals surface area contributed by atoms with Crippen molar-refractivity contribution < 1.29 is 9.63 Å². The highest BCUT2D eigenvalue weighted by Crippen LogP contribution is 2.40. The molecule has 1 N–H and O–H groups in total. The van der Waals surface area contributed by atoms with E-state index in [1.807, 2.05) is 30.3 Å². The molecule has 1 aromatic carbocycles. The Balaban J connectivity index is 1.67. The minimum Gasteiger partial charge on any atom is -0.390 e. The quantitative estimate of drug-likeness (QED) is 0.908. The molecule has 0 bridgehead atoms. The molecular formula is C17H22N2O2. The maximum atomic E-state index is 12.3. The normalized spacial score (nSPS) is 27.8. The van der Waals surface area contributed by atoms with E-state index in [2.05, 4.69) is 31.2 Å². The summed E-state index contributed by atoms with van der Waals surface area (Å²) >= 11 is 0. The number of fused-ring (bicyclic) bond motifs is 1. The number of nitrogens with one attached hydrogen (secondary N) is 1. The number of oxime groups is 1. The second-order valence-electron chi connectivity index (χ2n) is 6.93. The molecule has 4 nitrogen and oxygen atoms in total. The van der Waals surface area contributed by atoms with Gasteiger partial charge in [0.2, 0.25) is 0 Å². The number of carbonyl (C=O) groups excluding carboxylic acids is 1. The minimum atomic E-state index is -0.0333. The smallest absolute Gasteiger partial charge is 0.251 e. The van der Waals surface area contributed by atoms with Gasteiger partial charge >= 0.3 is 0 Å². The first-order valence-corrected chi connectivity index (χ1v) is 7.57. The molecule has 0 radical (unpaired) electrons. The van der Waals surface area contributed by atoms with Crippen LogP contribution in [0.4, 0.5) is 0 Å². The standard InChI is InChI=1S/C17H22N2O2/c1-17(2,3)15-12-9-10-13(14(12)21-19-15)18-16(20)11-7-5-4-6-8-11/h4-8,12-14H,9-10H2,1-3H3,(H,18,20)/t12-,13+,14-/m1/s1. The van der Waals surface area contributed by atoms with Crippen LogP contribution in [0.5, 0.6) is 0 Å². The lowest BCUT2D eigenvalue weighted by molar-refractivity contribution is 0.0504. The molecule has 4 heteroatoms. The summed E-state index contributed by atoms with van der Waals surface area (Å²) in [4.78, 5) is 17.9. The number of nitrogens with zero attached hydrogens (tertiary/aromatic N) is 1. The highest BCUT2D eigenvalue weighted by Gasteiger charge is 2.48. The molecule has 2 aliphatic rings. The first kappa shape index (κ1) is 14.1. The van der Waals surface area contributed by atoms with Crippen LogP contribution in [-0.2, 0) is 4.84 Å².